The van der Waals surface area contributed by atoms with Crippen molar-refractivity contribution in [3.63, 3.8) is 0 Å². The number of guanidine groups is 1. The van der Waals surface area contributed by atoms with E-state index in [2.05, 4.69) is 44.8 Å². The SMILES string of the molecule is CN=C(NCCN1CCCC1)NC1CC2(CCCC2)Oc2ccccc21. The van der Waals surface area contributed by atoms with Crippen molar-refractivity contribution >= 4 is 5.96 Å². The van der Waals surface area contributed by atoms with Crippen molar-refractivity contribution in [1.29, 1.82) is 0 Å². The van der Waals surface area contributed by atoms with Crippen molar-refractivity contribution in [3.05, 3.63) is 29.8 Å². The maximum Gasteiger partial charge on any atom is 0.191 e. The summed E-state index contributed by atoms with van der Waals surface area (Å²) >= 11 is 0. The van der Waals surface area contributed by atoms with Gasteiger partial charge in [0.25, 0.3) is 0 Å². The van der Waals surface area contributed by atoms with E-state index in [9.17, 15) is 0 Å². The average molecular weight is 357 g/mol. The molecule has 0 amide bonds. The van der Waals surface area contributed by atoms with Crippen LogP contribution < -0.4 is 15.4 Å². The first kappa shape index (κ1) is 17.7. The first-order chi connectivity index (χ1) is 12.8. The molecule has 142 valence electrons. The lowest BCUT2D eigenvalue weighted by Gasteiger charge is -2.40. The van der Waals surface area contributed by atoms with E-state index in [-0.39, 0.29) is 11.6 Å². The molecule has 1 saturated carbocycles. The number of hydrogen-bond donors (Lipinski definition) is 2. The largest absolute Gasteiger partial charge is 0.487 e. The van der Waals surface area contributed by atoms with Crippen molar-refractivity contribution in [2.45, 2.75) is 56.6 Å². The van der Waals surface area contributed by atoms with Crippen LogP contribution in [0.4, 0.5) is 0 Å². The summed E-state index contributed by atoms with van der Waals surface area (Å²) in [6.07, 6.45) is 8.59. The summed E-state index contributed by atoms with van der Waals surface area (Å²) in [6, 6.07) is 8.75. The summed E-state index contributed by atoms with van der Waals surface area (Å²) in [5.74, 6) is 1.95. The Hall–Kier alpha value is -1.75. The zero-order valence-corrected chi connectivity index (χ0v) is 16.0. The van der Waals surface area contributed by atoms with Crippen LogP contribution in [0.2, 0.25) is 0 Å². The highest BCUT2D eigenvalue weighted by Crippen LogP contribution is 2.46. The molecule has 1 spiro atoms. The first-order valence-corrected chi connectivity index (χ1v) is 10.3. The molecule has 1 saturated heterocycles. The van der Waals surface area contributed by atoms with Crippen molar-refractivity contribution in [1.82, 2.24) is 15.5 Å². The molecule has 1 aliphatic carbocycles. The van der Waals surface area contributed by atoms with E-state index in [0.29, 0.717) is 0 Å². The zero-order chi connectivity index (χ0) is 17.8. The summed E-state index contributed by atoms with van der Waals surface area (Å²) in [5.41, 5.74) is 1.27. The topological polar surface area (TPSA) is 48.9 Å². The average Bonchev–Trinajstić information content (AvgIpc) is 3.33. The molecule has 2 fully saturated rings. The number of nitrogens with zero attached hydrogens (tertiary/aromatic N) is 2. The lowest BCUT2D eigenvalue weighted by molar-refractivity contribution is 0.0396. The monoisotopic (exact) mass is 356 g/mol. The van der Waals surface area contributed by atoms with Crippen LogP contribution in [0.1, 0.15) is 56.6 Å². The Bertz CT molecular complexity index is 633. The number of benzene rings is 1. The van der Waals surface area contributed by atoms with Gasteiger partial charge in [-0.05, 0) is 57.7 Å². The Morgan fingerprint density at radius 3 is 2.73 bits per heavy atom. The Kier molecular flexibility index (Phi) is 5.34. The van der Waals surface area contributed by atoms with Crippen molar-refractivity contribution in [2.75, 3.05) is 33.2 Å². The standard InChI is InChI=1S/C21H32N4O/c1-22-20(23-12-15-25-13-6-7-14-25)24-18-16-21(10-4-5-11-21)26-19-9-3-2-8-17(18)19/h2-3,8-9,18H,4-7,10-16H2,1H3,(H2,22,23,24). The van der Waals surface area contributed by atoms with Gasteiger partial charge in [0.2, 0.25) is 0 Å². The molecule has 3 aliphatic rings. The van der Waals surface area contributed by atoms with E-state index >= 15 is 0 Å². The molecule has 0 bridgehead atoms. The molecule has 1 unspecified atom stereocenters. The van der Waals surface area contributed by atoms with Gasteiger partial charge in [-0.15, -0.1) is 0 Å². The molecule has 2 heterocycles. The van der Waals surface area contributed by atoms with E-state index in [1.54, 1.807) is 0 Å². The number of nitrogens with one attached hydrogen (secondary N) is 2. The van der Waals surface area contributed by atoms with Crippen molar-refractivity contribution in [3.8, 4) is 5.75 Å². The van der Waals surface area contributed by atoms with Crippen LogP contribution in [-0.2, 0) is 0 Å². The third-order valence-corrected chi connectivity index (χ3v) is 6.17. The maximum absolute atomic E-state index is 6.47. The molecule has 2 N–H and O–H groups in total. The summed E-state index contributed by atoms with van der Waals surface area (Å²) < 4.78 is 6.47. The summed E-state index contributed by atoms with van der Waals surface area (Å²) in [5, 5.41) is 7.19. The van der Waals surface area contributed by atoms with Gasteiger partial charge in [-0.2, -0.15) is 0 Å². The highest BCUT2D eigenvalue weighted by molar-refractivity contribution is 5.80. The Morgan fingerprint density at radius 1 is 1.19 bits per heavy atom. The van der Waals surface area contributed by atoms with Crippen LogP contribution in [-0.4, -0.2) is 49.7 Å². The molecule has 1 atom stereocenters. The van der Waals surface area contributed by atoms with Crippen molar-refractivity contribution in [2.24, 2.45) is 4.99 Å². The number of ether oxygens (including phenoxy) is 1. The number of likely N-dealkylation sites (tertiary alicyclic amines) is 1. The van der Waals surface area contributed by atoms with Gasteiger partial charge in [0.15, 0.2) is 5.96 Å². The van der Waals surface area contributed by atoms with Crippen LogP contribution in [0.25, 0.3) is 0 Å². The normalized spacial score (nSPS) is 25.1. The van der Waals surface area contributed by atoms with Gasteiger partial charge in [0, 0.05) is 32.1 Å². The van der Waals surface area contributed by atoms with E-state index in [1.165, 1.54) is 57.2 Å². The third kappa shape index (κ3) is 3.83. The van der Waals surface area contributed by atoms with Gasteiger partial charge < -0.3 is 20.3 Å². The van der Waals surface area contributed by atoms with E-state index in [0.717, 1.165) is 31.2 Å². The Balaban J connectivity index is 1.41. The molecule has 5 heteroatoms. The minimum absolute atomic E-state index is 0.0143. The maximum atomic E-state index is 6.47. The highest BCUT2D eigenvalue weighted by atomic mass is 16.5. The summed E-state index contributed by atoms with van der Waals surface area (Å²) in [6.45, 7) is 4.51. The van der Waals surface area contributed by atoms with Gasteiger partial charge in [-0.25, -0.2) is 0 Å². The predicted molar refractivity (Wildman–Crippen MR) is 106 cm³/mol. The van der Waals surface area contributed by atoms with Gasteiger partial charge in [0.05, 0.1) is 6.04 Å². The van der Waals surface area contributed by atoms with Gasteiger partial charge in [0.1, 0.15) is 11.4 Å². The molecule has 4 rings (SSSR count). The van der Waals surface area contributed by atoms with E-state index < -0.39 is 0 Å². The summed E-state index contributed by atoms with van der Waals surface area (Å²) in [4.78, 5) is 6.99. The second kappa shape index (κ2) is 7.87. The number of aliphatic imine (C=N–C) groups is 1. The van der Waals surface area contributed by atoms with Gasteiger partial charge in [-0.1, -0.05) is 18.2 Å². The first-order valence-electron chi connectivity index (χ1n) is 10.3. The van der Waals surface area contributed by atoms with Crippen LogP contribution in [0.15, 0.2) is 29.3 Å². The van der Waals surface area contributed by atoms with E-state index in [1.807, 2.05) is 7.05 Å². The molecule has 0 aromatic heterocycles. The quantitative estimate of drug-likeness (QED) is 0.643. The predicted octanol–water partition coefficient (Wildman–Crippen LogP) is 3.08. The molecular formula is C21H32N4O. The van der Waals surface area contributed by atoms with Gasteiger partial charge >= 0.3 is 0 Å². The Morgan fingerprint density at radius 2 is 1.96 bits per heavy atom. The van der Waals surface area contributed by atoms with Crippen molar-refractivity contribution < 1.29 is 4.74 Å². The second-order valence-corrected chi connectivity index (χ2v) is 7.98. The second-order valence-electron chi connectivity index (χ2n) is 7.98. The molecule has 1 aromatic carbocycles. The molecule has 26 heavy (non-hydrogen) atoms. The summed E-state index contributed by atoms with van der Waals surface area (Å²) in [7, 11) is 1.86. The van der Waals surface area contributed by atoms with Crippen LogP contribution in [0.3, 0.4) is 0 Å². The minimum Gasteiger partial charge on any atom is -0.487 e. The van der Waals surface area contributed by atoms with Crippen LogP contribution >= 0.6 is 0 Å². The lowest BCUT2D eigenvalue weighted by Crippen LogP contribution is -2.47. The fourth-order valence-corrected chi connectivity index (χ4v) is 4.77. The number of hydrogen-bond acceptors (Lipinski definition) is 3. The van der Waals surface area contributed by atoms with Gasteiger partial charge in [-0.3, -0.25) is 4.99 Å². The molecule has 1 aromatic rings. The Labute approximate surface area is 157 Å². The van der Waals surface area contributed by atoms with E-state index in [4.69, 9.17) is 4.74 Å². The lowest BCUT2D eigenvalue weighted by atomic mass is 9.86. The minimum atomic E-state index is 0.0143. The zero-order valence-electron chi connectivity index (χ0n) is 16.0. The smallest absolute Gasteiger partial charge is 0.191 e. The van der Waals surface area contributed by atoms with Crippen LogP contribution in [0, 0.1) is 0 Å². The number of para-hydroxylation sites is 1. The van der Waals surface area contributed by atoms with Crippen LogP contribution in [0.5, 0.6) is 5.75 Å². The third-order valence-electron chi connectivity index (χ3n) is 6.17. The molecule has 2 aliphatic heterocycles. The number of fused-ring (bicyclic) bond motifs is 1. The fourth-order valence-electron chi connectivity index (χ4n) is 4.77. The molecular weight excluding hydrogens is 324 g/mol. The molecule has 5 nitrogen and oxygen atoms in total. The number of rotatable bonds is 4. The molecule has 0 radical (unpaired) electrons. The fraction of sp³-hybridized carbons (Fsp3) is 0.667. The highest BCUT2D eigenvalue weighted by Gasteiger charge is 2.43.